The van der Waals surface area contributed by atoms with Gasteiger partial charge in [-0.05, 0) is 42.8 Å². The summed E-state index contributed by atoms with van der Waals surface area (Å²) >= 11 is 5.80. The Morgan fingerprint density at radius 3 is 2.42 bits per heavy atom. The summed E-state index contributed by atoms with van der Waals surface area (Å²) in [4.78, 5) is 23.8. The van der Waals surface area contributed by atoms with Crippen molar-refractivity contribution in [3.05, 3.63) is 64.7 Å². The van der Waals surface area contributed by atoms with Crippen LogP contribution in [-0.2, 0) is 19.6 Å². The normalized spacial score (nSPS) is 12.3. The molecule has 2 rings (SSSR count). The zero-order valence-corrected chi connectivity index (χ0v) is 15.4. The number of hydrogen-bond donors (Lipinski definition) is 2. The van der Waals surface area contributed by atoms with Crippen molar-refractivity contribution in [2.24, 2.45) is 5.14 Å². The van der Waals surface area contributed by atoms with Gasteiger partial charge in [-0.15, -0.1) is 0 Å². The first-order valence-corrected chi connectivity index (χ1v) is 9.44. The van der Waals surface area contributed by atoms with Gasteiger partial charge in [0.15, 0.2) is 6.61 Å². The van der Waals surface area contributed by atoms with E-state index in [1.54, 1.807) is 31.2 Å². The molecule has 1 amide bonds. The number of esters is 1. The van der Waals surface area contributed by atoms with Crippen molar-refractivity contribution >= 4 is 33.5 Å². The zero-order chi connectivity index (χ0) is 19.3. The Kier molecular flexibility index (Phi) is 6.36. The number of amides is 1. The molecule has 3 N–H and O–H groups in total. The molecular formula is C17H17ClN2O5S. The van der Waals surface area contributed by atoms with Crippen molar-refractivity contribution in [1.82, 2.24) is 5.32 Å². The van der Waals surface area contributed by atoms with Gasteiger partial charge in [0.2, 0.25) is 10.0 Å². The summed E-state index contributed by atoms with van der Waals surface area (Å²) in [6, 6.07) is 11.6. The molecular weight excluding hydrogens is 380 g/mol. The minimum atomic E-state index is -3.77. The Balaban J connectivity index is 1.90. The van der Waals surface area contributed by atoms with Gasteiger partial charge in [-0.25, -0.2) is 18.4 Å². The Morgan fingerprint density at radius 1 is 1.19 bits per heavy atom. The number of hydrogen-bond acceptors (Lipinski definition) is 5. The van der Waals surface area contributed by atoms with Crippen LogP contribution in [0, 0.1) is 0 Å². The second-order valence-corrected chi connectivity index (χ2v) is 7.49. The van der Waals surface area contributed by atoms with E-state index >= 15 is 0 Å². The minimum absolute atomic E-state index is 0.0183. The van der Waals surface area contributed by atoms with Gasteiger partial charge < -0.3 is 10.1 Å². The molecule has 2 aromatic rings. The first-order chi connectivity index (χ1) is 12.2. The van der Waals surface area contributed by atoms with Gasteiger partial charge >= 0.3 is 5.97 Å². The quantitative estimate of drug-likeness (QED) is 0.724. The van der Waals surface area contributed by atoms with Gasteiger partial charge in [-0.3, -0.25) is 4.79 Å². The largest absolute Gasteiger partial charge is 0.452 e. The van der Waals surface area contributed by atoms with Gasteiger partial charge in [0.05, 0.1) is 16.5 Å². The summed E-state index contributed by atoms with van der Waals surface area (Å²) < 4.78 is 27.4. The molecule has 0 aliphatic rings. The molecule has 0 aliphatic heterocycles. The molecule has 7 nitrogen and oxygen atoms in total. The fourth-order valence-corrected chi connectivity index (χ4v) is 2.85. The van der Waals surface area contributed by atoms with Gasteiger partial charge in [0.25, 0.3) is 5.91 Å². The van der Waals surface area contributed by atoms with Crippen LogP contribution in [0.15, 0.2) is 53.4 Å². The topological polar surface area (TPSA) is 116 Å². The molecule has 0 bridgehead atoms. The summed E-state index contributed by atoms with van der Waals surface area (Å²) in [5.41, 5.74) is 0.920. The number of ether oxygens (including phenoxy) is 1. The lowest BCUT2D eigenvalue weighted by molar-refractivity contribution is -0.124. The van der Waals surface area contributed by atoms with Gasteiger partial charge in [0, 0.05) is 5.02 Å². The first-order valence-electron chi connectivity index (χ1n) is 7.51. The van der Waals surface area contributed by atoms with Crippen molar-refractivity contribution in [3.8, 4) is 0 Å². The monoisotopic (exact) mass is 396 g/mol. The van der Waals surface area contributed by atoms with Crippen LogP contribution in [0.2, 0.25) is 5.02 Å². The van der Waals surface area contributed by atoms with Gasteiger partial charge in [0.1, 0.15) is 0 Å². The number of nitrogens with two attached hydrogens (primary N) is 1. The lowest BCUT2D eigenvalue weighted by atomic mass is 10.1. The third kappa shape index (κ3) is 5.55. The van der Waals surface area contributed by atoms with Crippen LogP contribution in [0.3, 0.4) is 0 Å². The standard InChI is InChI=1S/C17H17ClN2O5S/c1-11(12-5-7-15(8-6-12)26(19,23)24)20-16(21)10-25-17(22)13-3-2-4-14(18)9-13/h2-9,11H,10H2,1H3,(H,20,21)(H2,19,23,24)/t11-/m1/s1. The first kappa shape index (κ1) is 19.9. The highest BCUT2D eigenvalue weighted by Gasteiger charge is 2.14. The number of benzene rings is 2. The van der Waals surface area contributed by atoms with E-state index in [9.17, 15) is 18.0 Å². The van der Waals surface area contributed by atoms with Crippen molar-refractivity contribution in [3.63, 3.8) is 0 Å². The summed E-state index contributed by atoms with van der Waals surface area (Å²) in [5.74, 6) is -1.16. The lowest BCUT2D eigenvalue weighted by Crippen LogP contribution is -2.31. The predicted molar refractivity (Wildman–Crippen MR) is 96.1 cm³/mol. The number of rotatable bonds is 6. The van der Waals surface area contributed by atoms with Crippen LogP contribution in [0.4, 0.5) is 0 Å². The number of primary sulfonamides is 1. The average molecular weight is 397 g/mol. The number of carbonyl (C=O) groups excluding carboxylic acids is 2. The smallest absolute Gasteiger partial charge is 0.338 e. The van der Waals surface area contributed by atoms with E-state index in [1.807, 2.05) is 0 Å². The third-order valence-electron chi connectivity index (χ3n) is 3.48. The van der Waals surface area contributed by atoms with Crippen LogP contribution >= 0.6 is 11.6 Å². The Labute approximate surface area is 156 Å². The van der Waals surface area contributed by atoms with Crippen LogP contribution in [0.5, 0.6) is 0 Å². The predicted octanol–water partition coefficient (Wildman–Crippen LogP) is 2.02. The Bertz CT molecular complexity index is 913. The fraction of sp³-hybridized carbons (Fsp3) is 0.176. The molecule has 2 aromatic carbocycles. The third-order valence-corrected chi connectivity index (χ3v) is 4.65. The highest BCUT2D eigenvalue weighted by atomic mass is 35.5. The second-order valence-electron chi connectivity index (χ2n) is 5.49. The lowest BCUT2D eigenvalue weighted by Gasteiger charge is -2.15. The van der Waals surface area contributed by atoms with E-state index in [0.29, 0.717) is 10.6 Å². The average Bonchev–Trinajstić information content (AvgIpc) is 2.59. The second kappa shape index (κ2) is 8.31. The molecule has 0 spiro atoms. The maximum absolute atomic E-state index is 11.9. The van der Waals surface area contributed by atoms with Gasteiger partial charge in [-0.2, -0.15) is 0 Å². The highest BCUT2D eigenvalue weighted by Crippen LogP contribution is 2.15. The van der Waals surface area contributed by atoms with Crippen molar-refractivity contribution in [1.29, 1.82) is 0 Å². The number of carbonyl (C=O) groups is 2. The Morgan fingerprint density at radius 2 is 1.85 bits per heavy atom. The number of nitrogens with one attached hydrogen (secondary N) is 1. The van der Waals surface area contributed by atoms with E-state index in [1.165, 1.54) is 24.3 Å². The molecule has 0 fully saturated rings. The van der Waals surface area contributed by atoms with Crippen LogP contribution < -0.4 is 10.5 Å². The van der Waals surface area contributed by atoms with Crippen molar-refractivity contribution < 1.29 is 22.7 Å². The molecule has 0 aliphatic carbocycles. The van der Waals surface area contributed by atoms with Crippen LogP contribution in [0.25, 0.3) is 0 Å². The number of sulfonamides is 1. The molecule has 0 saturated heterocycles. The minimum Gasteiger partial charge on any atom is -0.452 e. The molecule has 1 atom stereocenters. The molecule has 0 saturated carbocycles. The van der Waals surface area contributed by atoms with E-state index in [2.05, 4.69) is 5.32 Å². The molecule has 0 unspecified atom stereocenters. The van der Waals surface area contributed by atoms with Crippen molar-refractivity contribution in [2.45, 2.75) is 17.9 Å². The molecule has 0 heterocycles. The van der Waals surface area contributed by atoms with E-state index in [4.69, 9.17) is 21.5 Å². The maximum Gasteiger partial charge on any atom is 0.338 e. The maximum atomic E-state index is 11.9. The van der Waals surface area contributed by atoms with Gasteiger partial charge in [-0.1, -0.05) is 29.8 Å². The summed E-state index contributed by atoms with van der Waals surface area (Å²) in [5, 5.41) is 8.07. The molecule has 138 valence electrons. The summed E-state index contributed by atoms with van der Waals surface area (Å²) in [6.45, 7) is 1.26. The SMILES string of the molecule is C[C@@H](NC(=O)COC(=O)c1cccc(Cl)c1)c1ccc(S(N)(=O)=O)cc1. The zero-order valence-electron chi connectivity index (χ0n) is 13.8. The molecule has 26 heavy (non-hydrogen) atoms. The van der Waals surface area contributed by atoms with E-state index in [0.717, 1.165) is 0 Å². The van der Waals surface area contributed by atoms with Crippen LogP contribution in [-0.4, -0.2) is 26.9 Å². The number of halogens is 1. The Hall–Kier alpha value is -2.42. The summed E-state index contributed by atoms with van der Waals surface area (Å²) in [7, 11) is -3.77. The summed E-state index contributed by atoms with van der Waals surface area (Å²) in [6.07, 6.45) is 0. The van der Waals surface area contributed by atoms with Crippen molar-refractivity contribution in [2.75, 3.05) is 6.61 Å². The highest BCUT2D eigenvalue weighted by molar-refractivity contribution is 7.89. The molecule has 0 radical (unpaired) electrons. The van der Waals surface area contributed by atoms with E-state index in [-0.39, 0.29) is 10.5 Å². The molecule has 0 aromatic heterocycles. The van der Waals surface area contributed by atoms with E-state index < -0.39 is 34.5 Å². The fourth-order valence-electron chi connectivity index (χ4n) is 2.14. The van der Waals surface area contributed by atoms with Crippen LogP contribution in [0.1, 0.15) is 28.9 Å². The molecule has 9 heteroatoms.